The fraction of sp³-hybridized carbons (Fsp3) is 0.550. The number of cyclic esters (lactones) is 1. The molecule has 2 fully saturated rings. The molecular weight excluding hydrogens is 409 g/mol. The molecule has 2 aliphatic heterocycles. The van der Waals surface area contributed by atoms with Crippen LogP contribution in [0.1, 0.15) is 19.8 Å². The van der Waals surface area contributed by atoms with Crippen LogP contribution in [0.3, 0.4) is 0 Å². The Morgan fingerprint density at radius 3 is 2.87 bits per heavy atom. The maximum atomic E-state index is 14.8. The molecule has 1 aromatic carbocycles. The molecule has 162 valence electrons. The second kappa shape index (κ2) is 8.25. The largest absolute Gasteiger partial charge is 0.474 e. The van der Waals surface area contributed by atoms with E-state index in [-0.39, 0.29) is 5.17 Å². The number of hydrazone groups is 1. The standard InChI is InChI=1S/C20H26FN5O3S/c1-20(5-6-20)12-25-8-7-24(13-23-25)17-4-3-14(9-16(17)21)26-11-15(29-19(26)27)10-22-18(30)28-2/h3-4,9,13,15H,5-8,10-12H2,1-2H3,(H,22,30). The van der Waals surface area contributed by atoms with Crippen LogP contribution in [-0.4, -0.2) is 68.6 Å². The molecule has 0 spiro atoms. The topological polar surface area (TPSA) is 69.6 Å². The first-order valence-electron chi connectivity index (χ1n) is 10.0. The van der Waals surface area contributed by atoms with Crippen molar-refractivity contribution >= 4 is 41.2 Å². The van der Waals surface area contributed by atoms with Crippen LogP contribution in [0.25, 0.3) is 0 Å². The number of carbonyl (C=O) groups excluding carboxylic acids is 1. The molecule has 1 aromatic rings. The third-order valence-corrected chi connectivity index (χ3v) is 6.02. The fourth-order valence-electron chi connectivity index (χ4n) is 3.59. The average molecular weight is 436 g/mol. The van der Waals surface area contributed by atoms with Crippen LogP contribution in [0.2, 0.25) is 0 Å². The van der Waals surface area contributed by atoms with Crippen LogP contribution in [0.15, 0.2) is 23.3 Å². The number of hydrogen-bond acceptors (Lipinski definition) is 7. The number of halogens is 1. The minimum Gasteiger partial charge on any atom is -0.474 e. The van der Waals surface area contributed by atoms with Gasteiger partial charge in [-0.25, -0.2) is 9.18 Å². The lowest BCUT2D eigenvalue weighted by Crippen LogP contribution is -2.40. The monoisotopic (exact) mass is 435 g/mol. The number of hydrogen-bond donors (Lipinski definition) is 1. The van der Waals surface area contributed by atoms with Crippen LogP contribution in [0, 0.1) is 11.2 Å². The van der Waals surface area contributed by atoms with E-state index >= 15 is 0 Å². The van der Waals surface area contributed by atoms with Gasteiger partial charge in [-0.1, -0.05) is 6.92 Å². The number of rotatable bonds is 6. The smallest absolute Gasteiger partial charge is 0.414 e. The summed E-state index contributed by atoms with van der Waals surface area (Å²) in [6, 6.07) is 4.76. The Balaban J connectivity index is 1.38. The highest BCUT2D eigenvalue weighted by Gasteiger charge is 2.39. The number of benzene rings is 1. The molecule has 0 radical (unpaired) electrons. The van der Waals surface area contributed by atoms with E-state index in [2.05, 4.69) is 22.4 Å². The summed E-state index contributed by atoms with van der Waals surface area (Å²) in [5.41, 5.74) is 1.28. The zero-order chi connectivity index (χ0) is 21.3. The lowest BCUT2D eigenvalue weighted by Gasteiger charge is -2.31. The molecule has 4 rings (SSSR count). The molecule has 1 aliphatic carbocycles. The predicted octanol–water partition coefficient (Wildman–Crippen LogP) is 2.54. The normalized spacial score (nSPS) is 22.2. The third-order valence-electron chi connectivity index (χ3n) is 5.71. The van der Waals surface area contributed by atoms with Crippen molar-refractivity contribution in [1.29, 1.82) is 0 Å². The molecule has 10 heteroatoms. The van der Waals surface area contributed by atoms with Gasteiger partial charge in [-0.3, -0.25) is 9.91 Å². The van der Waals surface area contributed by atoms with Crippen LogP contribution in [-0.2, 0) is 9.47 Å². The van der Waals surface area contributed by atoms with Crippen molar-refractivity contribution < 1.29 is 18.7 Å². The molecule has 1 saturated carbocycles. The van der Waals surface area contributed by atoms with E-state index in [1.165, 1.54) is 30.9 Å². The number of nitrogens with one attached hydrogen (secondary N) is 1. The lowest BCUT2D eigenvalue weighted by molar-refractivity contribution is 0.142. The molecule has 1 N–H and O–H groups in total. The number of ether oxygens (including phenoxy) is 2. The predicted molar refractivity (Wildman–Crippen MR) is 116 cm³/mol. The number of nitrogens with zero attached hydrogens (tertiary/aromatic N) is 4. The minimum absolute atomic E-state index is 0.230. The third kappa shape index (κ3) is 4.58. The lowest BCUT2D eigenvalue weighted by atomic mass is 10.1. The van der Waals surface area contributed by atoms with Crippen molar-refractivity contribution in [3.05, 3.63) is 24.0 Å². The fourth-order valence-corrected chi connectivity index (χ4v) is 3.68. The number of amides is 1. The molecular formula is C20H26FN5O3S. The molecule has 3 aliphatic rings. The SMILES string of the molecule is COC(=S)NCC1CN(c2ccc(N3C=NN(CC4(C)CC4)CC3)c(F)c2)C(=O)O1. The number of anilines is 2. The highest BCUT2D eigenvalue weighted by Crippen LogP contribution is 2.45. The van der Waals surface area contributed by atoms with Gasteiger partial charge in [0, 0.05) is 13.1 Å². The van der Waals surface area contributed by atoms with Gasteiger partial charge < -0.3 is 19.7 Å². The first-order chi connectivity index (χ1) is 14.4. The summed E-state index contributed by atoms with van der Waals surface area (Å²) in [5.74, 6) is -0.406. The Morgan fingerprint density at radius 1 is 1.43 bits per heavy atom. The Kier molecular flexibility index (Phi) is 5.68. The first kappa shape index (κ1) is 20.6. The molecule has 1 saturated heterocycles. The zero-order valence-corrected chi connectivity index (χ0v) is 18.0. The van der Waals surface area contributed by atoms with Gasteiger partial charge in [-0.2, -0.15) is 5.10 Å². The molecule has 1 amide bonds. The van der Waals surface area contributed by atoms with Crippen LogP contribution in [0.5, 0.6) is 0 Å². The number of methoxy groups -OCH3 is 1. The minimum atomic E-state index is -0.513. The molecule has 1 unspecified atom stereocenters. The summed E-state index contributed by atoms with van der Waals surface area (Å²) in [7, 11) is 1.46. The quantitative estimate of drug-likeness (QED) is 0.689. The highest BCUT2D eigenvalue weighted by atomic mass is 32.1. The summed E-state index contributed by atoms with van der Waals surface area (Å²) in [5, 5.41) is 9.62. The second-order valence-electron chi connectivity index (χ2n) is 8.25. The van der Waals surface area contributed by atoms with Gasteiger partial charge in [0.1, 0.15) is 18.3 Å². The molecule has 1 atom stereocenters. The maximum Gasteiger partial charge on any atom is 0.414 e. The van der Waals surface area contributed by atoms with Crippen molar-refractivity contribution in [3.63, 3.8) is 0 Å². The molecule has 0 aromatic heterocycles. The van der Waals surface area contributed by atoms with Gasteiger partial charge in [-0.05, 0) is 48.7 Å². The summed E-state index contributed by atoms with van der Waals surface area (Å²) < 4.78 is 25.0. The van der Waals surface area contributed by atoms with E-state index < -0.39 is 18.0 Å². The molecule has 8 nitrogen and oxygen atoms in total. The van der Waals surface area contributed by atoms with Crippen LogP contribution in [0.4, 0.5) is 20.6 Å². The van der Waals surface area contributed by atoms with Gasteiger partial charge >= 0.3 is 6.09 Å². The highest BCUT2D eigenvalue weighted by molar-refractivity contribution is 7.80. The summed E-state index contributed by atoms with van der Waals surface area (Å²) in [6.07, 6.45) is 3.25. The summed E-state index contributed by atoms with van der Waals surface area (Å²) in [6.45, 7) is 5.26. The Hall–Kier alpha value is -2.62. The van der Waals surface area contributed by atoms with Crippen molar-refractivity contribution in [3.8, 4) is 0 Å². The van der Waals surface area contributed by atoms with Crippen molar-refractivity contribution in [2.24, 2.45) is 10.5 Å². The van der Waals surface area contributed by atoms with E-state index in [0.717, 1.165) is 13.1 Å². The Bertz CT molecular complexity index is 863. The van der Waals surface area contributed by atoms with Gasteiger partial charge in [0.2, 0.25) is 0 Å². The van der Waals surface area contributed by atoms with Crippen LogP contribution < -0.4 is 15.1 Å². The van der Waals surface area contributed by atoms with Crippen molar-refractivity contribution in [1.82, 2.24) is 10.3 Å². The van der Waals surface area contributed by atoms with Gasteiger partial charge in [0.15, 0.2) is 0 Å². The molecule has 2 heterocycles. The van der Waals surface area contributed by atoms with E-state index in [1.54, 1.807) is 23.4 Å². The van der Waals surface area contributed by atoms with E-state index in [1.807, 2.05) is 0 Å². The number of thiocarbonyl (C=S) groups is 1. The van der Waals surface area contributed by atoms with E-state index in [4.69, 9.17) is 21.7 Å². The number of carbonyl (C=O) groups is 1. The van der Waals surface area contributed by atoms with Crippen molar-refractivity contribution in [2.75, 3.05) is 49.6 Å². The Morgan fingerprint density at radius 2 is 2.23 bits per heavy atom. The average Bonchev–Trinajstić information content (AvgIpc) is 3.34. The van der Waals surface area contributed by atoms with Gasteiger partial charge in [0.25, 0.3) is 5.17 Å². The Labute approximate surface area is 180 Å². The molecule has 30 heavy (non-hydrogen) atoms. The van der Waals surface area contributed by atoms with Crippen molar-refractivity contribution in [2.45, 2.75) is 25.9 Å². The zero-order valence-electron chi connectivity index (χ0n) is 17.1. The van der Waals surface area contributed by atoms with Gasteiger partial charge in [-0.15, -0.1) is 0 Å². The summed E-state index contributed by atoms with van der Waals surface area (Å²) >= 11 is 4.92. The van der Waals surface area contributed by atoms with E-state index in [9.17, 15) is 9.18 Å². The van der Waals surface area contributed by atoms with Gasteiger partial charge in [0.05, 0.1) is 38.1 Å². The summed E-state index contributed by atoms with van der Waals surface area (Å²) in [4.78, 5) is 15.4. The molecule has 0 bridgehead atoms. The first-order valence-corrected chi connectivity index (χ1v) is 10.4. The second-order valence-corrected chi connectivity index (χ2v) is 8.62. The van der Waals surface area contributed by atoms with E-state index in [0.29, 0.717) is 36.4 Å². The van der Waals surface area contributed by atoms with Crippen LogP contribution >= 0.6 is 12.2 Å². The maximum absolute atomic E-state index is 14.8.